The van der Waals surface area contributed by atoms with Gasteiger partial charge in [-0.2, -0.15) is 0 Å². The van der Waals surface area contributed by atoms with Crippen LogP contribution in [-0.4, -0.2) is 4.98 Å². The number of halogens is 1. The maximum atomic E-state index is 4.51. The van der Waals surface area contributed by atoms with E-state index in [9.17, 15) is 0 Å². The van der Waals surface area contributed by atoms with E-state index in [4.69, 9.17) is 0 Å². The fourth-order valence-corrected chi connectivity index (χ4v) is 3.09. The zero-order valence-electron chi connectivity index (χ0n) is 9.40. The first kappa shape index (κ1) is 11.8. The van der Waals surface area contributed by atoms with Gasteiger partial charge in [-0.05, 0) is 31.4 Å². The molecular formula is C13H14BrNS. The summed E-state index contributed by atoms with van der Waals surface area (Å²) in [7, 11) is 0. The van der Waals surface area contributed by atoms with E-state index in [1.54, 1.807) is 11.3 Å². The molecule has 0 amide bonds. The summed E-state index contributed by atoms with van der Waals surface area (Å²) in [6.07, 6.45) is 0.996. The van der Waals surface area contributed by atoms with Crippen LogP contribution in [0.5, 0.6) is 0 Å². The lowest BCUT2D eigenvalue weighted by Crippen LogP contribution is -1.97. The maximum absolute atomic E-state index is 4.51. The summed E-state index contributed by atoms with van der Waals surface area (Å²) in [5.74, 6) is 0. The van der Waals surface area contributed by atoms with Crippen molar-refractivity contribution in [2.24, 2.45) is 0 Å². The van der Waals surface area contributed by atoms with Crippen LogP contribution in [0.1, 0.15) is 26.7 Å². The summed E-state index contributed by atoms with van der Waals surface area (Å²) < 4.78 is 0. The van der Waals surface area contributed by atoms with Crippen molar-refractivity contribution in [3.8, 4) is 0 Å². The molecule has 0 fully saturated rings. The van der Waals surface area contributed by atoms with Gasteiger partial charge >= 0.3 is 0 Å². The highest BCUT2D eigenvalue weighted by Crippen LogP contribution is 2.28. The molecular weight excluding hydrogens is 282 g/mol. The van der Waals surface area contributed by atoms with Crippen LogP contribution in [0.2, 0.25) is 0 Å². The standard InChI is InChI=1S/C13H14BrNS/c1-9-5-3-4-6-11(9)7-12(14)13-8-16-10(2)15-13/h3-6,8,12H,7H2,1-2H3. The number of aromatic nitrogens is 1. The monoisotopic (exact) mass is 295 g/mol. The van der Waals surface area contributed by atoms with E-state index in [0.717, 1.165) is 17.1 Å². The van der Waals surface area contributed by atoms with Gasteiger partial charge < -0.3 is 0 Å². The average molecular weight is 296 g/mol. The lowest BCUT2D eigenvalue weighted by molar-refractivity contribution is 0.902. The van der Waals surface area contributed by atoms with Gasteiger partial charge in [0.1, 0.15) is 0 Å². The van der Waals surface area contributed by atoms with Crippen LogP contribution in [-0.2, 0) is 6.42 Å². The number of benzene rings is 1. The normalized spacial score (nSPS) is 12.7. The molecule has 0 aliphatic carbocycles. The van der Waals surface area contributed by atoms with Crippen LogP contribution in [0.4, 0.5) is 0 Å². The van der Waals surface area contributed by atoms with Crippen molar-refractivity contribution >= 4 is 27.3 Å². The number of aryl methyl sites for hydroxylation is 2. The number of alkyl halides is 1. The largest absolute Gasteiger partial charge is 0.245 e. The second-order valence-electron chi connectivity index (χ2n) is 3.89. The fourth-order valence-electron chi connectivity index (χ4n) is 1.66. The van der Waals surface area contributed by atoms with Crippen LogP contribution in [0, 0.1) is 13.8 Å². The Balaban J connectivity index is 2.13. The van der Waals surface area contributed by atoms with Crippen LogP contribution in [0.25, 0.3) is 0 Å². The number of rotatable bonds is 3. The number of hydrogen-bond donors (Lipinski definition) is 0. The first-order chi connectivity index (χ1) is 7.66. The van der Waals surface area contributed by atoms with Gasteiger partial charge in [0, 0.05) is 5.38 Å². The predicted octanol–water partition coefficient (Wildman–Crippen LogP) is 4.44. The Labute approximate surface area is 109 Å². The summed E-state index contributed by atoms with van der Waals surface area (Å²) in [6, 6.07) is 8.51. The first-order valence-corrected chi connectivity index (χ1v) is 7.07. The molecule has 0 radical (unpaired) electrons. The number of hydrogen-bond acceptors (Lipinski definition) is 2. The zero-order valence-corrected chi connectivity index (χ0v) is 11.8. The van der Waals surface area contributed by atoms with Crippen molar-refractivity contribution in [3.05, 3.63) is 51.5 Å². The van der Waals surface area contributed by atoms with Crippen molar-refractivity contribution in [3.63, 3.8) is 0 Å². The van der Waals surface area contributed by atoms with Gasteiger partial charge in [-0.1, -0.05) is 40.2 Å². The molecule has 1 heterocycles. The Kier molecular flexibility index (Phi) is 3.77. The third-order valence-electron chi connectivity index (χ3n) is 2.62. The Morgan fingerprint density at radius 3 is 2.69 bits per heavy atom. The molecule has 0 saturated heterocycles. The lowest BCUT2D eigenvalue weighted by Gasteiger charge is -2.09. The van der Waals surface area contributed by atoms with E-state index >= 15 is 0 Å². The Morgan fingerprint density at radius 2 is 2.06 bits per heavy atom. The van der Waals surface area contributed by atoms with Gasteiger partial charge in [0.2, 0.25) is 0 Å². The average Bonchev–Trinajstić information content (AvgIpc) is 2.68. The second kappa shape index (κ2) is 5.11. The minimum Gasteiger partial charge on any atom is -0.245 e. The highest BCUT2D eigenvalue weighted by molar-refractivity contribution is 9.09. The Morgan fingerprint density at radius 1 is 1.31 bits per heavy atom. The van der Waals surface area contributed by atoms with Crippen molar-refractivity contribution in [1.82, 2.24) is 4.98 Å². The molecule has 1 aromatic carbocycles. The fraction of sp³-hybridized carbons (Fsp3) is 0.308. The van der Waals surface area contributed by atoms with Gasteiger partial charge in [-0.15, -0.1) is 11.3 Å². The van der Waals surface area contributed by atoms with Crippen molar-refractivity contribution in [2.75, 3.05) is 0 Å². The van der Waals surface area contributed by atoms with E-state index in [2.05, 4.69) is 57.5 Å². The van der Waals surface area contributed by atoms with Crippen molar-refractivity contribution in [2.45, 2.75) is 25.1 Å². The van der Waals surface area contributed by atoms with Crippen LogP contribution < -0.4 is 0 Å². The summed E-state index contributed by atoms with van der Waals surface area (Å²) in [6.45, 7) is 4.20. The van der Waals surface area contributed by atoms with Gasteiger partial charge in [0.25, 0.3) is 0 Å². The summed E-state index contributed by atoms with van der Waals surface area (Å²) in [4.78, 5) is 4.83. The molecule has 2 aromatic rings. The molecule has 0 saturated carbocycles. The highest BCUT2D eigenvalue weighted by atomic mass is 79.9. The summed E-state index contributed by atoms with van der Waals surface area (Å²) >= 11 is 5.42. The van der Waals surface area contributed by atoms with Gasteiger partial charge in [-0.3, -0.25) is 0 Å². The first-order valence-electron chi connectivity index (χ1n) is 5.27. The van der Waals surface area contributed by atoms with Crippen LogP contribution in [0.15, 0.2) is 29.6 Å². The molecule has 1 nitrogen and oxygen atoms in total. The molecule has 0 aliphatic heterocycles. The van der Waals surface area contributed by atoms with Crippen LogP contribution in [0.3, 0.4) is 0 Å². The minimum atomic E-state index is 0.318. The molecule has 84 valence electrons. The SMILES string of the molecule is Cc1nc(C(Br)Cc2ccccc2C)cs1. The smallest absolute Gasteiger partial charge is 0.0897 e. The molecule has 16 heavy (non-hydrogen) atoms. The molecule has 0 N–H and O–H groups in total. The van der Waals surface area contributed by atoms with Crippen molar-refractivity contribution < 1.29 is 0 Å². The van der Waals surface area contributed by atoms with Gasteiger partial charge in [0.15, 0.2) is 0 Å². The molecule has 1 unspecified atom stereocenters. The van der Waals surface area contributed by atoms with E-state index < -0.39 is 0 Å². The molecule has 3 heteroatoms. The third-order valence-corrected chi connectivity index (χ3v) is 4.20. The highest BCUT2D eigenvalue weighted by Gasteiger charge is 2.12. The van der Waals surface area contributed by atoms with Crippen LogP contribution >= 0.6 is 27.3 Å². The maximum Gasteiger partial charge on any atom is 0.0897 e. The summed E-state index contributed by atoms with van der Waals surface area (Å²) in [5, 5.41) is 3.26. The molecule has 0 spiro atoms. The number of thiazole rings is 1. The molecule has 0 aliphatic rings. The van der Waals surface area contributed by atoms with E-state index in [1.165, 1.54) is 11.1 Å². The molecule has 1 atom stereocenters. The van der Waals surface area contributed by atoms with E-state index in [0.29, 0.717) is 4.83 Å². The Bertz CT molecular complexity index is 478. The Hall–Kier alpha value is -0.670. The van der Waals surface area contributed by atoms with Gasteiger partial charge in [-0.25, -0.2) is 4.98 Å². The van der Waals surface area contributed by atoms with E-state index in [-0.39, 0.29) is 0 Å². The second-order valence-corrected chi connectivity index (χ2v) is 6.06. The predicted molar refractivity (Wildman–Crippen MR) is 73.4 cm³/mol. The molecule has 1 aromatic heterocycles. The molecule has 2 rings (SSSR count). The topological polar surface area (TPSA) is 12.9 Å². The quantitative estimate of drug-likeness (QED) is 0.763. The minimum absolute atomic E-state index is 0.318. The van der Waals surface area contributed by atoms with Gasteiger partial charge in [0.05, 0.1) is 15.5 Å². The van der Waals surface area contributed by atoms with E-state index in [1.807, 2.05) is 6.92 Å². The summed E-state index contributed by atoms with van der Waals surface area (Å²) in [5.41, 5.74) is 3.87. The zero-order chi connectivity index (χ0) is 11.5. The number of nitrogens with zero attached hydrogens (tertiary/aromatic N) is 1. The third kappa shape index (κ3) is 2.71. The lowest BCUT2D eigenvalue weighted by atomic mass is 10.0. The molecule has 0 bridgehead atoms. The van der Waals surface area contributed by atoms with Crippen molar-refractivity contribution in [1.29, 1.82) is 0 Å².